The highest BCUT2D eigenvalue weighted by Gasteiger charge is 2.52. The standard InChI is InChI=1S/C37H48O15Si/c1-21(30(38)39)46-31(40)22(2)47-32(41)23(3)48-33(42)24(4)49-34(43)25(5)50-35(44)26(6)51-36(45)27(7)52-53(37(8,9)10,28-17-13-11-14-18-28)29-19-15-12-16-20-29/h11-27H,1-10H3,(H,38,39)/t21-,22-,23-,24-,25-,26-,27+/m1/s1. The fourth-order valence-electron chi connectivity index (χ4n) is 4.92. The first-order chi connectivity index (χ1) is 24.6. The number of hydrogen-bond donors (Lipinski definition) is 1. The molecule has 0 bridgehead atoms. The van der Waals surface area contributed by atoms with Crippen LogP contribution in [0.2, 0.25) is 5.04 Å². The van der Waals surface area contributed by atoms with E-state index in [-0.39, 0.29) is 0 Å². The van der Waals surface area contributed by atoms with Crippen molar-refractivity contribution in [1.82, 2.24) is 0 Å². The monoisotopic (exact) mass is 760 g/mol. The van der Waals surface area contributed by atoms with Crippen molar-refractivity contribution >= 4 is 60.5 Å². The largest absolute Gasteiger partial charge is 0.479 e. The summed E-state index contributed by atoms with van der Waals surface area (Å²) in [5.74, 6) is -7.94. The summed E-state index contributed by atoms with van der Waals surface area (Å²) >= 11 is 0. The molecule has 0 aliphatic carbocycles. The molecular formula is C37H48O15Si. The first-order valence-corrected chi connectivity index (χ1v) is 18.8. The minimum atomic E-state index is -3.14. The first kappa shape index (κ1) is 44.1. The average molecular weight is 761 g/mol. The van der Waals surface area contributed by atoms with Gasteiger partial charge in [0.25, 0.3) is 8.32 Å². The first-order valence-electron chi connectivity index (χ1n) is 16.9. The van der Waals surface area contributed by atoms with Gasteiger partial charge >= 0.3 is 41.8 Å². The lowest BCUT2D eigenvalue weighted by molar-refractivity contribution is -0.188. The fourth-order valence-corrected chi connectivity index (χ4v) is 9.56. The molecule has 0 radical (unpaired) electrons. The van der Waals surface area contributed by atoms with Gasteiger partial charge in [0.1, 0.15) is 6.10 Å². The molecule has 0 unspecified atom stereocenters. The fraction of sp³-hybridized carbons (Fsp3) is 0.486. The van der Waals surface area contributed by atoms with Gasteiger partial charge in [0.15, 0.2) is 36.6 Å². The lowest BCUT2D eigenvalue weighted by Crippen LogP contribution is -2.68. The maximum atomic E-state index is 13.3. The van der Waals surface area contributed by atoms with E-state index < -0.39 is 97.9 Å². The number of carbonyl (C=O) groups is 7. The molecule has 0 saturated heterocycles. The van der Waals surface area contributed by atoms with Crippen LogP contribution in [-0.4, -0.2) is 97.9 Å². The highest BCUT2D eigenvalue weighted by Crippen LogP contribution is 2.37. The Labute approximate surface area is 309 Å². The van der Waals surface area contributed by atoms with Crippen molar-refractivity contribution in [3.63, 3.8) is 0 Å². The molecule has 2 rings (SSSR count). The normalized spacial score (nSPS) is 15.5. The maximum Gasteiger partial charge on any atom is 0.347 e. The van der Waals surface area contributed by atoms with Crippen molar-refractivity contribution in [3.05, 3.63) is 60.7 Å². The number of carboxylic acid groups (broad SMARTS) is 1. The predicted octanol–water partition coefficient (Wildman–Crippen LogP) is 2.63. The van der Waals surface area contributed by atoms with Gasteiger partial charge in [-0.05, 0) is 63.9 Å². The maximum absolute atomic E-state index is 13.3. The predicted molar refractivity (Wildman–Crippen MR) is 189 cm³/mol. The summed E-state index contributed by atoms with van der Waals surface area (Å²) in [6.07, 6.45) is -10.3. The number of aliphatic carboxylic acids is 1. The van der Waals surface area contributed by atoms with Gasteiger partial charge < -0.3 is 38.0 Å². The molecule has 15 nitrogen and oxygen atoms in total. The molecule has 0 saturated carbocycles. The molecule has 290 valence electrons. The second-order valence-corrected chi connectivity index (χ2v) is 17.5. The molecule has 0 aliphatic heterocycles. The highest BCUT2D eigenvalue weighted by atomic mass is 28.4. The Kier molecular flexibility index (Phi) is 15.9. The Hall–Kier alpha value is -5.09. The minimum absolute atomic E-state index is 0.437. The van der Waals surface area contributed by atoms with Gasteiger partial charge in [0.2, 0.25) is 0 Å². The van der Waals surface area contributed by atoms with E-state index in [1.807, 2.05) is 81.4 Å². The molecule has 0 aromatic heterocycles. The smallest absolute Gasteiger partial charge is 0.347 e. The van der Waals surface area contributed by atoms with Crippen LogP contribution in [0.15, 0.2) is 60.7 Å². The van der Waals surface area contributed by atoms with Gasteiger partial charge in [-0.1, -0.05) is 81.4 Å². The van der Waals surface area contributed by atoms with Crippen LogP contribution in [0, 0.1) is 0 Å². The van der Waals surface area contributed by atoms with E-state index >= 15 is 0 Å². The zero-order valence-corrected chi connectivity index (χ0v) is 32.5. The van der Waals surface area contributed by atoms with Gasteiger partial charge in [-0.2, -0.15) is 0 Å². The van der Waals surface area contributed by atoms with Gasteiger partial charge in [0, 0.05) is 0 Å². The minimum Gasteiger partial charge on any atom is -0.479 e. The van der Waals surface area contributed by atoms with E-state index in [2.05, 4.69) is 4.74 Å². The summed E-state index contributed by atoms with van der Waals surface area (Å²) in [6.45, 7) is 14.6. The number of ether oxygens (including phenoxy) is 6. The van der Waals surface area contributed by atoms with E-state index in [4.69, 9.17) is 33.2 Å². The highest BCUT2D eigenvalue weighted by molar-refractivity contribution is 6.99. The van der Waals surface area contributed by atoms with E-state index in [9.17, 15) is 33.6 Å². The third-order valence-electron chi connectivity index (χ3n) is 7.87. The molecule has 2 aromatic rings. The zero-order chi connectivity index (χ0) is 40.3. The molecule has 0 fully saturated rings. The van der Waals surface area contributed by atoms with E-state index in [0.29, 0.717) is 0 Å². The molecule has 53 heavy (non-hydrogen) atoms. The lowest BCUT2D eigenvalue weighted by Gasteiger charge is -2.44. The van der Waals surface area contributed by atoms with Crippen molar-refractivity contribution in [3.8, 4) is 0 Å². The molecule has 0 amide bonds. The molecular weight excluding hydrogens is 712 g/mol. The third kappa shape index (κ3) is 12.0. The quantitative estimate of drug-likeness (QED) is 0.140. The van der Waals surface area contributed by atoms with Crippen molar-refractivity contribution in [2.45, 2.75) is 117 Å². The summed E-state index contributed by atoms with van der Waals surface area (Å²) in [5.41, 5.74) is 0. The summed E-state index contributed by atoms with van der Waals surface area (Å²) in [6, 6.07) is 19.3. The topological polar surface area (TPSA) is 204 Å². The Bertz CT molecular complexity index is 1570. The Morgan fingerprint density at radius 3 is 0.943 bits per heavy atom. The van der Waals surface area contributed by atoms with Gasteiger partial charge in [-0.15, -0.1) is 0 Å². The number of rotatable bonds is 17. The summed E-state index contributed by atoms with van der Waals surface area (Å²) < 4.78 is 36.7. The number of hydrogen-bond acceptors (Lipinski definition) is 14. The Balaban J connectivity index is 1.98. The zero-order valence-electron chi connectivity index (χ0n) is 31.5. The number of carbonyl (C=O) groups excluding carboxylic acids is 6. The van der Waals surface area contributed by atoms with Crippen molar-refractivity contribution in [2.24, 2.45) is 0 Å². The van der Waals surface area contributed by atoms with Crippen molar-refractivity contribution in [1.29, 1.82) is 0 Å². The van der Waals surface area contributed by atoms with Crippen LogP contribution in [-0.2, 0) is 66.4 Å². The van der Waals surface area contributed by atoms with Crippen LogP contribution >= 0.6 is 0 Å². The van der Waals surface area contributed by atoms with Gasteiger partial charge in [-0.3, -0.25) is 0 Å². The number of carboxylic acids is 1. The SMILES string of the molecule is C[C@H](O[Si](c1ccccc1)(c1ccccc1)C(C)(C)C)C(=O)O[C@H](C)C(=O)O[C@H](C)C(=O)O[C@H](C)C(=O)O[C@H](C)C(=O)O[C@H](C)C(=O)O[C@H](C)C(=O)O. The van der Waals surface area contributed by atoms with E-state index in [1.54, 1.807) is 0 Å². The van der Waals surface area contributed by atoms with Crippen LogP contribution in [0.5, 0.6) is 0 Å². The van der Waals surface area contributed by atoms with Gasteiger partial charge in [-0.25, -0.2) is 33.6 Å². The molecule has 7 atom stereocenters. The van der Waals surface area contributed by atoms with E-state index in [1.165, 1.54) is 20.8 Å². The molecule has 2 aromatic carbocycles. The van der Waals surface area contributed by atoms with Crippen LogP contribution in [0.3, 0.4) is 0 Å². The van der Waals surface area contributed by atoms with E-state index in [0.717, 1.165) is 38.1 Å². The second kappa shape index (κ2) is 19.1. The van der Waals surface area contributed by atoms with Crippen LogP contribution < -0.4 is 10.4 Å². The molecule has 0 aliphatic rings. The number of esters is 6. The van der Waals surface area contributed by atoms with Crippen molar-refractivity contribution in [2.75, 3.05) is 0 Å². The van der Waals surface area contributed by atoms with Crippen LogP contribution in [0.25, 0.3) is 0 Å². The van der Waals surface area contributed by atoms with Crippen LogP contribution in [0.1, 0.15) is 69.2 Å². The summed E-state index contributed by atoms with van der Waals surface area (Å²) in [5, 5.41) is 10.3. The third-order valence-corrected chi connectivity index (χ3v) is 13.0. The summed E-state index contributed by atoms with van der Waals surface area (Å²) in [4.78, 5) is 86.3. The van der Waals surface area contributed by atoms with Crippen LogP contribution in [0.4, 0.5) is 0 Å². The molecule has 16 heteroatoms. The molecule has 1 N–H and O–H groups in total. The number of benzene rings is 2. The second-order valence-electron chi connectivity index (χ2n) is 13.2. The lowest BCUT2D eigenvalue weighted by atomic mass is 10.2. The Morgan fingerprint density at radius 2 is 0.698 bits per heavy atom. The molecule has 0 heterocycles. The molecule has 0 spiro atoms. The van der Waals surface area contributed by atoms with Crippen molar-refractivity contribution < 1.29 is 71.5 Å². The van der Waals surface area contributed by atoms with Gasteiger partial charge in [0.05, 0.1) is 0 Å². The summed E-state index contributed by atoms with van der Waals surface area (Å²) in [7, 11) is -3.14. The average Bonchev–Trinajstić information content (AvgIpc) is 3.10. The Morgan fingerprint density at radius 1 is 0.453 bits per heavy atom.